The standard InChI is InChI=1S/C29H22N4O7/c1-18-13-21(33(36)37)8-10-23(18)25-12-9-22(40-25)16-30-32-29(35)24(31-28(34)20-5-3-2-4-6-20)14-19-7-11-26-27(15-19)39-17-38-26/h2-16H,17H2,1H3,(H,31,34)(H,32,35)/b24-14+,30-16+. The van der Waals surface area contributed by atoms with Crippen LogP contribution in [0.1, 0.15) is 27.2 Å². The van der Waals surface area contributed by atoms with E-state index in [-0.39, 0.29) is 18.2 Å². The Kier molecular flexibility index (Phi) is 7.36. The van der Waals surface area contributed by atoms with Gasteiger partial charge in [-0.15, -0.1) is 0 Å². The van der Waals surface area contributed by atoms with E-state index in [0.29, 0.717) is 45.3 Å². The molecular formula is C29H22N4O7. The molecule has 11 heteroatoms. The van der Waals surface area contributed by atoms with Crippen LogP contribution in [0.3, 0.4) is 0 Å². The summed E-state index contributed by atoms with van der Waals surface area (Å²) in [6.45, 7) is 1.85. The molecule has 0 atom stereocenters. The third-order valence-corrected chi connectivity index (χ3v) is 5.91. The molecule has 2 N–H and O–H groups in total. The predicted octanol–water partition coefficient (Wildman–Crippen LogP) is 4.81. The minimum atomic E-state index is -0.670. The first-order chi connectivity index (χ1) is 19.4. The van der Waals surface area contributed by atoms with Crippen LogP contribution >= 0.6 is 0 Å². The normalized spacial score (nSPS) is 12.4. The third kappa shape index (κ3) is 5.89. The number of benzene rings is 3. The van der Waals surface area contributed by atoms with Gasteiger partial charge in [0, 0.05) is 23.3 Å². The van der Waals surface area contributed by atoms with E-state index in [1.54, 1.807) is 73.7 Å². The summed E-state index contributed by atoms with van der Waals surface area (Å²) in [5.41, 5.74) is 4.67. The van der Waals surface area contributed by atoms with E-state index in [1.165, 1.54) is 24.4 Å². The summed E-state index contributed by atoms with van der Waals surface area (Å²) >= 11 is 0. The van der Waals surface area contributed by atoms with Gasteiger partial charge in [0.25, 0.3) is 17.5 Å². The highest BCUT2D eigenvalue weighted by Gasteiger charge is 2.17. The van der Waals surface area contributed by atoms with Gasteiger partial charge in [-0.25, -0.2) is 5.43 Å². The number of fused-ring (bicyclic) bond motifs is 1. The van der Waals surface area contributed by atoms with E-state index < -0.39 is 16.7 Å². The highest BCUT2D eigenvalue weighted by atomic mass is 16.7. The molecule has 1 aromatic heterocycles. The number of nitrogens with one attached hydrogen (secondary N) is 2. The molecule has 1 aliphatic rings. The topological polar surface area (TPSA) is 145 Å². The Bertz CT molecular complexity index is 1660. The van der Waals surface area contributed by atoms with Crippen molar-refractivity contribution in [3.63, 3.8) is 0 Å². The Morgan fingerprint density at radius 2 is 1.77 bits per heavy atom. The summed E-state index contributed by atoms with van der Waals surface area (Å²) in [5.74, 6) is 0.791. The predicted molar refractivity (Wildman–Crippen MR) is 146 cm³/mol. The fourth-order valence-corrected chi connectivity index (χ4v) is 3.93. The van der Waals surface area contributed by atoms with Crippen molar-refractivity contribution >= 4 is 29.8 Å². The lowest BCUT2D eigenvalue weighted by atomic mass is 10.1. The fraction of sp³-hybridized carbons (Fsp3) is 0.0690. The molecule has 2 heterocycles. The molecule has 0 unspecified atom stereocenters. The highest BCUT2D eigenvalue weighted by molar-refractivity contribution is 6.05. The molecule has 11 nitrogen and oxygen atoms in total. The smallest absolute Gasteiger partial charge is 0.287 e. The molecule has 4 aromatic rings. The second-order valence-corrected chi connectivity index (χ2v) is 8.65. The third-order valence-electron chi connectivity index (χ3n) is 5.91. The maximum atomic E-state index is 13.0. The Labute approximate surface area is 227 Å². The van der Waals surface area contributed by atoms with Gasteiger partial charge in [0.15, 0.2) is 11.5 Å². The van der Waals surface area contributed by atoms with Gasteiger partial charge in [0.05, 0.1) is 11.1 Å². The lowest BCUT2D eigenvalue weighted by molar-refractivity contribution is -0.384. The van der Waals surface area contributed by atoms with Crippen LogP contribution in [0.2, 0.25) is 0 Å². The molecule has 3 aromatic carbocycles. The summed E-state index contributed by atoms with van der Waals surface area (Å²) in [6.07, 6.45) is 2.80. The number of non-ortho nitro benzene ring substituents is 1. The highest BCUT2D eigenvalue weighted by Crippen LogP contribution is 2.33. The largest absolute Gasteiger partial charge is 0.455 e. The second-order valence-electron chi connectivity index (χ2n) is 8.65. The molecule has 200 valence electrons. The molecule has 0 fully saturated rings. The van der Waals surface area contributed by atoms with Crippen molar-refractivity contribution < 1.29 is 28.4 Å². The number of aryl methyl sites for hydroxylation is 1. The zero-order valence-electron chi connectivity index (χ0n) is 21.1. The average molecular weight is 539 g/mol. The van der Waals surface area contributed by atoms with Crippen LogP contribution < -0.4 is 20.2 Å². The molecule has 0 saturated carbocycles. The van der Waals surface area contributed by atoms with Gasteiger partial charge in [-0.3, -0.25) is 19.7 Å². The van der Waals surface area contributed by atoms with Crippen molar-refractivity contribution in [2.45, 2.75) is 6.92 Å². The summed E-state index contributed by atoms with van der Waals surface area (Å²) in [5, 5.41) is 17.6. The van der Waals surface area contributed by atoms with Crippen LogP contribution in [-0.2, 0) is 4.79 Å². The number of nitro benzene ring substituents is 1. The minimum absolute atomic E-state index is 0.0127. The van der Waals surface area contributed by atoms with Crippen LogP contribution in [0.4, 0.5) is 5.69 Å². The fourth-order valence-electron chi connectivity index (χ4n) is 3.93. The number of hydrazone groups is 1. The Morgan fingerprint density at radius 1 is 0.975 bits per heavy atom. The number of ether oxygens (including phenoxy) is 2. The molecule has 0 bridgehead atoms. The van der Waals surface area contributed by atoms with Gasteiger partial charge in [-0.05, 0) is 66.6 Å². The molecule has 40 heavy (non-hydrogen) atoms. The van der Waals surface area contributed by atoms with Crippen LogP contribution in [0.5, 0.6) is 11.5 Å². The van der Waals surface area contributed by atoms with Gasteiger partial charge in [-0.2, -0.15) is 5.10 Å². The Morgan fingerprint density at radius 3 is 2.55 bits per heavy atom. The summed E-state index contributed by atoms with van der Waals surface area (Å²) in [6, 6.07) is 21.4. The number of amides is 2. The molecule has 2 amide bonds. The number of hydrogen-bond donors (Lipinski definition) is 2. The molecule has 5 rings (SSSR count). The van der Waals surface area contributed by atoms with E-state index in [2.05, 4.69) is 15.8 Å². The number of furan rings is 1. The number of nitro groups is 1. The molecule has 0 spiro atoms. The maximum Gasteiger partial charge on any atom is 0.287 e. The van der Waals surface area contributed by atoms with Crippen molar-refractivity contribution in [1.29, 1.82) is 0 Å². The first-order valence-electron chi connectivity index (χ1n) is 12.0. The van der Waals surface area contributed by atoms with Gasteiger partial charge in [-0.1, -0.05) is 24.3 Å². The number of carbonyl (C=O) groups excluding carboxylic acids is 2. The lowest BCUT2D eigenvalue weighted by Gasteiger charge is -2.09. The maximum absolute atomic E-state index is 13.0. The van der Waals surface area contributed by atoms with Gasteiger partial charge < -0.3 is 19.2 Å². The van der Waals surface area contributed by atoms with E-state index in [4.69, 9.17) is 13.9 Å². The zero-order chi connectivity index (χ0) is 28.1. The number of rotatable bonds is 8. The molecule has 1 aliphatic heterocycles. The summed E-state index contributed by atoms with van der Waals surface area (Å²) in [7, 11) is 0. The monoisotopic (exact) mass is 538 g/mol. The van der Waals surface area contributed by atoms with Gasteiger partial charge >= 0.3 is 0 Å². The average Bonchev–Trinajstić information content (AvgIpc) is 3.62. The summed E-state index contributed by atoms with van der Waals surface area (Å²) < 4.78 is 16.5. The number of hydrogen-bond acceptors (Lipinski definition) is 8. The van der Waals surface area contributed by atoms with Crippen LogP contribution in [0, 0.1) is 17.0 Å². The van der Waals surface area contributed by atoms with Crippen molar-refractivity contribution in [2.24, 2.45) is 5.10 Å². The molecule has 0 saturated heterocycles. The Hall–Kier alpha value is -5.71. The minimum Gasteiger partial charge on any atom is -0.455 e. The SMILES string of the molecule is Cc1cc([N+](=O)[O-])ccc1-c1ccc(/C=N/NC(=O)/C(=C\c2ccc3c(c2)OCO3)NC(=O)c2ccccc2)o1. The van der Waals surface area contributed by atoms with Crippen LogP contribution in [-0.4, -0.2) is 29.7 Å². The molecule has 0 aliphatic carbocycles. The van der Waals surface area contributed by atoms with E-state index >= 15 is 0 Å². The number of carbonyl (C=O) groups is 2. The molecular weight excluding hydrogens is 516 g/mol. The lowest BCUT2D eigenvalue weighted by Crippen LogP contribution is -2.32. The number of nitrogens with zero attached hydrogens (tertiary/aromatic N) is 2. The molecule has 0 radical (unpaired) electrons. The van der Waals surface area contributed by atoms with Crippen molar-refractivity contribution in [3.05, 3.63) is 117 Å². The van der Waals surface area contributed by atoms with Crippen LogP contribution in [0.25, 0.3) is 17.4 Å². The van der Waals surface area contributed by atoms with E-state index in [0.717, 1.165) is 0 Å². The van der Waals surface area contributed by atoms with Crippen molar-refractivity contribution in [1.82, 2.24) is 10.7 Å². The van der Waals surface area contributed by atoms with Crippen molar-refractivity contribution in [2.75, 3.05) is 6.79 Å². The Balaban J connectivity index is 1.32. The van der Waals surface area contributed by atoms with Gasteiger partial charge in [0.1, 0.15) is 17.2 Å². The van der Waals surface area contributed by atoms with Crippen molar-refractivity contribution in [3.8, 4) is 22.8 Å². The summed E-state index contributed by atoms with van der Waals surface area (Å²) in [4.78, 5) is 36.4. The zero-order valence-corrected chi connectivity index (χ0v) is 21.1. The van der Waals surface area contributed by atoms with E-state index in [1.807, 2.05) is 0 Å². The second kappa shape index (κ2) is 11.4. The van der Waals surface area contributed by atoms with Gasteiger partial charge in [0.2, 0.25) is 6.79 Å². The first-order valence-corrected chi connectivity index (χ1v) is 12.0. The quantitative estimate of drug-likeness (QED) is 0.142. The van der Waals surface area contributed by atoms with Crippen LogP contribution in [0.15, 0.2) is 94.1 Å². The first kappa shape index (κ1) is 25.9. The van der Waals surface area contributed by atoms with E-state index in [9.17, 15) is 19.7 Å².